The average molecular weight is 573 g/mol. The van der Waals surface area contributed by atoms with E-state index in [1.165, 1.54) is 0 Å². The molecule has 1 aromatic heterocycles. The van der Waals surface area contributed by atoms with Gasteiger partial charge in [0, 0.05) is 73.3 Å². The van der Waals surface area contributed by atoms with Crippen LogP contribution in [0.2, 0.25) is 0 Å². The van der Waals surface area contributed by atoms with Gasteiger partial charge in [-0.3, -0.25) is 14.4 Å². The molecule has 0 amide bonds. The second-order valence-electron chi connectivity index (χ2n) is 11.2. The van der Waals surface area contributed by atoms with Crippen LogP contribution in [0.4, 0.5) is 5.69 Å². The van der Waals surface area contributed by atoms with Gasteiger partial charge in [0.2, 0.25) is 0 Å². The maximum absolute atomic E-state index is 13.7. The molecule has 2 aromatic carbocycles. The van der Waals surface area contributed by atoms with E-state index in [2.05, 4.69) is 29.8 Å². The van der Waals surface area contributed by atoms with Gasteiger partial charge in [-0.1, -0.05) is 37.6 Å². The number of pyridine rings is 1. The van der Waals surface area contributed by atoms with Crippen molar-refractivity contribution in [1.82, 2.24) is 4.98 Å². The Balaban J connectivity index is 1.66. The number of rotatable bonds is 14. The number of hydrogen-bond donors (Lipinski definition) is 2. The number of carbonyl (C=O) groups excluding carboxylic acids is 2. The Hall–Kier alpha value is -3.55. The first-order chi connectivity index (χ1) is 20.3. The molecule has 7 heteroatoms. The van der Waals surface area contributed by atoms with Crippen LogP contribution in [0.5, 0.6) is 0 Å². The zero-order valence-electron chi connectivity index (χ0n) is 25.2. The second kappa shape index (κ2) is 15.1. The van der Waals surface area contributed by atoms with E-state index in [4.69, 9.17) is 9.84 Å². The average Bonchev–Trinajstić information content (AvgIpc) is 3.00. The van der Waals surface area contributed by atoms with Crippen LogP contribution < -0.4 is 10.5 Å². The molecule has 2 N–H and O–H groups in total. The largest absolute Gasteiger partial charge is 0.396 e. The van der Waals surface area contributed by atoms with Crippen molar-refractivity contribution < 1.29 is 19.4 Å². The Kier molecular flexibility index (Phi) is 11.3. The number of ketones is 2. The van der Waals surface area contributed by atoms with Crippen molar-refractivity contribution in [3.8, 4) is 11.1 Å². The lowest BCUT2D eigenvalue weighted by Crippen LogP contribution is -2.39. The summed E-state index contributed by atoms with van der Waals surface area (Å²) in [6, 6.07) is 15.9. The third-order valence-electron chi connectivity index (χ3n) is 8.13. The predicted octanol–water partition coefficient (Wildman–Crippen LogP) is 6.08. The minimum Gasteiger partial charge on any atom is -0.396 e. The number of nitrogens with zero attached hydrogens (tertiary/aromatic N) is 1. The van der Waals surface area contributed by atoms with Gasteiger partial charge in [-0.2, -0.15) is 0 Å². The van der Waals surface area contributed by atoms with E-state index in [1.807, 2.05) is 49.4 Å². The molecule has 3 aromatic rings. The Bertz CT molecular complexity index is 1420. The predicted molar refractivity (Wildman–Crippen MR) is 168 cm³/mol. The monoisotopic (exact) mass is 572 g/mol. The highest BCUT2D eigenvalue weighted by Crippen LogP contribution is 2.31. The van der Waals surface area contributed by atoms with E-state index in [1.54, 1.807) is 0 Å². The standard InChI is InChI=1S/C35H44N2O5/c1-4-7-27-20-24(3)36-35(41)32(27)13-14-34(40)29-21-28(25-9-11-26(12-10-25)33(39)8-6-17-38)22-31(23-29)37(5-2)30-15-18-42-19-16-30/h9-12,20-23,30,38H,4-8,13-19H2,1-3H3,(H,36,41). The van der Waals surface area contributed by atoms with Gasteiger partial charge in [-0.15, -0.1) is 0 Å². The molecule has 0 atom stereocenters. The molecule has 0 bridgehead atoms. The van der Waals surface area contributed by atoms with Crippen LogP contribution in [0, 0.1) is 6.92 Å². The molecule has 0 unspecified atom stereocenters. The Morgan fingerprint density at radius 1 is 0.929 bits per heavy atom. The molecule has 224 valence electrons. The van der Waals surface area contributed by atoms with Crippen LogP contribution >= 0.6 is 0 Å². The number of anilines is 1. The fourth-order valence-corrected chi connectivity index (χ4v) is 5.92. The van der Waals surface area contributed by atoms with Gasteiger partial charge in [0.05, 0.1) is 0 Å². The van der Waals surface area contributed by atoms with E-state index < -0.39 is 0 Å². The van der Waals surface area contributed by atoms with Gasteiger partial charge in [-0.25, -0.2) is 0 Å². The lowest BCUT2D eigenvalue weighted by atomic mass is 9.94. The molecular formula is C35H44N2O5. The van der Waals surface area contributed by atoms with E-state index >= 15 is 0 Å². The van der Waals surface area contributed by atoms with Crippen LogP contribution in [0.3, 0.4) is 0 Å². The Labute approximate surface area is 248 Å². The number of ether oxygens (including phenoxy) is 1. The zero-order valence-corrected chi connectivity index (χ0v) is 25.2. The van der Waals surface area contributed by atoms with Crippen molar-refractivity contribution in [1.29, 1.82) is 0 Å². The van der Waals surface area contributed by atoms with E-state index in [0.29, 0.717) is 42.0 Å². The van der Waals surface area contributed by atoms with Gasteiger partial charge in [0.15, 0.2) is 11.6 Å². The number of hydrogen-bond acceptors (Lipinski definition) is 6. The highest BCUT2D eigenvalue weighted by atomic mass is 16.5. The highest BCUT2D eigenvalue weighted by Gasteiger charge is 2.23. The summed E-state index contributed by atoms with van der Waals surface area (Å²) >= 11 is 0. The third kappa shape index (κ3) is 7.84. The van der Waals surface area contributed by atoms with Crippen molar-refractivity contribution in [3.63, 3.8) is 0 Å². The molecule has 1 fully saturated rings. The van der Waals surface area contributed by atoms with Crippen molar-refractivity contribution in [2.45, 2.75) is 78.2 Å². The summed E-state index contributed by atoms with van der Waals surface area (Å²) in [6.07, 6.45) is 5.00. The smallest absolute Gasteiger partial charge is 0.251 e. The normalized spacial score (nSPS) is 13.7. The second-order valence-corrected chi connectivity index (χ2v) is 11.2. The zero-order chi connectivity index (χ0) is 30.1. The summed E-state index contributed by atoms with van der Waals surface area (Å²) in [4.78, 5) is 44.2. The summed E-state index contributed by atoms with van der Waals surface area (Å²) in [5.41, 5.74) is 6.52. The lowest BCUT2D eigenvalue weighted by Gasteiger charge is -2.35. The minimum absolute atomic E-state index is 0.000597. The molecule has 0 saturated carbocycles. The van der Waals surface area contributed by atoms with Gasteiger partial charge < -0.3 is 19.7 Å². The Morgan fingerprint density at radius 2 is 1.64 bits per heavy atom. The maximum atomic E-state index is 13.7. The Morgan fingerprint density at radius 3 is 2.31 bits per heavy atom. The van der Waals surface area contributed by atoms with E-state index in [-0.39, 0.29) is 30.2 Å². The summed E-state index contributed by atoms with van der Waals surface area (Å²) in [5.74, 6) is 0.00443. The van der Waals surface area contributed by atoms with Crippen molar-refractivity contribution >= 4 is 17.3 Å². The summed E-state index contributed by atoms with van der Waals surface area (Å²) in [7, 11) is 0. The first-order valence-corrected chi connectivity index (χ1v) is 15.3. The fourth-order valence-electron chi connectivity index (χ4n) is 5.92. The van der Waals surface area contributed by atoms with E-state index in [0.717, 1.165) is 73.5 Å². The molecule has 1 aliphatic heterocycles. The number of Topliss-reactive ketones (excluding diaryl/α,β-unsaturated/α-hetero) is 2. The molecule has 0 aliphatic carbocycles. The number of aliphatic hydroxyl groups is 1. The number of aromatic nitrogens is 1. The number of nitrogens with one attached hydrogen (secondary N) is 1. The SMILES string of the molecule is CCCc1cc(C)[nH]c(=O)c1CCC(=O)c1cc(-c2ccc(C(=O)CCCO)cc2)cc(N(CC)C2CCOCC2)c1. The van der Waals surface area contributed by atoms with Crippen molar-refractivity contribution in [2.24, 2.45) is 0 Å². The molecule has 1 saturated heterocycles. The van der Waals surface area contributed by atoms with Crippen LogP contribution in [-0.2, 0) is 17.6 Å². The molecular weight excluding hydrogens is 528 g/mol. The van der Waals surface area contributed by atoms with E-state index in [9.17, 15) is 14.4 Å². The van der Waals surface area contributed by atoms with Crippen LogP contribution in [0.15, 0.2) is 53.3 Å². The third-order valence-corrected chi connectivity index (χ3v) is 8.13. The molecule has 2 heterocycles. The number of H-pyrrole nitrogens is 1. The lowest BCUT2D eigenvalue weighted by molar-refractivity contribution is 0.0846. The summed E-state index contributed by atoms with van der Waals surface area (Å²) in [5, 5.41) is 9.07. The summed E-state index contributed by atoms with van der Waals surface area (Å²) in [6.45, 7) is 8.36. The topological polar surface area (TPSA) is 99.7 Å². The van der Waals surface area contributed by atoms with Gasteiger partial charge in [0.1, 0.15) is 0 Å². The number of carbonyl (C=O) groups is 2. The summed E-state index contributed by atoms with van der Waals surface area (Å²) < 4.78 is 5.61. The number of benzene rings is 2. The van der Waals surface area contributed by atoms with Crippen LogP contribution in [0.1, 0.15) is 89.9 Å². The number of aromatic amines is 1. The molecule has 7 nitrogen and oxygen atoms in total. The van der Waals surface area contributed by atoms with Gasteiger partial charge in [-0.05, 0) is 86.9 Å². The molecule has 4 rings (SSSR count). The molecule has 0 spiro atoms. The van der Waals surface area contributed by atoms with Crippen molar-refractivity contribution in [3.05, 3.63) is 86.8 Å². The van der Waals surface area contributed by atoms with Gasteiger partial charge in [0.25, 0.3) is 5.56 Å². The first-order valence-electron chi connectivity index (χ1n) is 15.3. The van der Waals surface area contributed by atoms with Crippen LogP contribution in [0.25, 0.3) is 11.1 Å². The minimum atomic E-state index is -0.106. The number of aliphatic hydroxyl groups excluding tert-OH is 1. The number of aryl methyl sites for hydroxylation is 2. The first kappa shape index (κ1) is 31.4. The molecule has 0 radical (unpaired) electrons. The molecule has 42 heavy (non-hydrogen) atoms. The van der Waals surface area contributed by atoms with Crippen molar-refractivity contribution in [2.75, 3.05) is 31.3 Å². The maximum Gasteiger partial charge on any atom is 0.251 e. The fraction of sp³-hybridized carbons (Fsp3) is 0.457. The highest BCUT2D eigenvalue weighted by molar-refractivity contribution is 5.99. The molecule has 1 aliphatic rings. The quantitative estimate of drug-likeness (QED) is 0.227. The van der Waals surface area contributed by atoms with Gasteiger partial charge >= 0.3 is 0 Å². The van der Waals surface area contributed by atoms with Crippen LogP contribution in [-0.4, -0.2) is 54.1 Å².